The molecule has 0 fully saturated rings. The average molecular weight is 777 g/mol. The Morgan fingerprint density at radius 1 is 0.667 bits per heavy atom. The number of aliphatic imine (C=N–C) groups is 1. The van der Waals surface area contributed by atoms with Gasteiger partial charge in [0.1, 0.15) is 5.75 Å². The van der Waals surface area contributed by atoms with Crippen LogP contribution >= 0.6 is 26.3 Å². The Hall–Kier alpha value is -3.42. The first-order valence-corrected chi connectivity index (χ1v) is 22.6. The predicted molar refractivity (Wildman–Crippen MR) is 215 cm³/mol. The van der Waals surface area contributed by atoms with Gasteiger partial charge in [-0.05, 0) is 24.3 Å². The van der Waals surface area contributed by atoms with E-state index in [1.807, 2.05) is 30.8 Å². The van der Waals surface area contributed by atoms with Crippen LogP contribution in [0.15, 0.2) is 120 Å². The Labute approximate surface area is 300 Å². The number of rotatable bonds is 17. The minimum Gasteiger partial charge on any atom is -0.251 e. The number of hydrogen-bond acceptors (Lipinski definition) is 3. The van der Waals surface area contributed by atoms with Crippen LogP contribution in [-0.2, 0) is 0 Å². The van der Waals surface area contributed by atoms with Gasteiger partial charge in [0.2, 0.25) is 0 Å². The summed E-state index contributed by atoms with van der Waals surface area (Å²) in [6.07, 6.45) is 12.3. The Balaban J connectivity index is 1.01. The van der Waals surface area contributed by atoms with E-state index in [-0.39, 0.29) is 6.17 Å². The monoisotopic (exact) mass is 776 g/mol. The maximum absolute atomic E-state index is 6.03. The normalized spacial score (nSPS) is 15.4. The van der Waals surface area contributed by atoms with E-state index in [0.29, 0.717) is 5.96 Å². The first kappa shape index (κ1) is 35.9. The zero-order chi connectivity index (χ0) is 33.7. The molecule has 0 aromatic heterocycles. The van der Waals surface area contributed by atoms with E-state index in [4.69, 9.17) is 10.5 Å². The molecule has 4 aromatic carbocycles. The fraction of sp³-hybridized carbons (Fsp3) is 0.350. The van der Waals surface area contributed by atoms with Crippen LogP contribution in [0.1, 0.15) is 69.5 Å². The maximum atomic E-state index is 6.03. The van der Waals surface area contributed by atoms with Crippen molar-refractivity contribution in [2.24, 2.45) is 10.7 Å². The molecule has 48 heavy (non-hydrogen) atoms. The molecule has 254 valence electrons. The molecule has 1 aliphatic rings. The molecule has 1 atom stereocenters. The van der Waals surface area contributed by atoms with E-state index < -0.39 is 4.25 Å². The second-order valence-electron chi connectivity index (χ2n) is 12.9. The summed E-state index contributed by atoms with van der Waals surface area (Å²) in [5, 5.41) is 10.9. The van der Waals surface area contributed by atoms with Gasteiger partial charge in [0, 0.05) is 5.56 Å². The van der Waals surface area contributed by atoms with Gasteiger partial charge in [-0.25, -0.2) is 5.32 Å². The molecule has 0 bridgehead atoms. The van der Waals surface area contributed by atoms with Gasteiger partial charge in [-0.3, -0.25) is 9.89 Å². The van der Waals surface area contributed by atoms with Crippen molar-refractivity contribution in [3.63, 3.8) is 0 Å². The standard InChI is InChI=1S/C40H51IN5OP/c1-46(2)40-44-38(43-39(42)45-40)33-27-29-34(30-28-33)47-31-19-8-6-4-3-5-7-9-20-32-48(41,35-21-13-10-14-22-35,36-23-15-11-16-24-36)37-25-17-12-18-26-37/h10-18,21-30,38H,3-9,19-20,31-32H2,1-2H3,(H3,42,43,44,45)/p+1. The zero-order valence-corrected chi connectivity index (χ0v) is 31.6. The average Bonchev–Trinajstić information content (AvgIpc) is 3.13. The fourth-order valence-corrected chi connectivity index (χ4v) is 15.4. The molecule has 0 aliphatic carbocycles. The van der Waals surface area contributed by atoms with Crippen molar-refractivity contribution in [2.75, 3.05) is 26.9 Å². The van der Waals surface area contributed by atoms with Gasteiger partial charge in [0.05, 0.1) is 14.1 Å². The quantitative estimate of drug-likeness (QED) is 0.0448. The van der Waals surface area contributed by atoms with Gasteiger partial charge in [-0.1, -0.05) is 0 Å². The maximum Gasteiger partial charge on any atom is -0.0195 e. The molecule has 1 heterocycles. The number of benzene rings is 4. The van der Waals surface area contributed by atoms with Crippen LogP contribution in [0, 0.1) is 0 Å². The molecule has 8 heteroatoms. The van der Waals surface area contributed by atoms with Crippen LogP contribution in [0.3, 0.4) is 0 Å². The van der Waals surface area contributed by atoms with Crippen molar-refractivity contribution in [3.05, 3.63) is 121 Å². The van der Waals surface area contributed by atoms with Crippen LogP contribution in [0.25, 0.3) is 0 Å². The fourth-order valence-electron chi connectivity index (χ4n) is 6.62. The van der Waals surface area contributed by atoms with Crippen molar-refractivity contribution in [1.82, 2.24) is 10.6 Å². The second-order valence-corrected chi connectivity index (χ2v) is 23.7. The van der Waals surface area contributed by atoms with E-state index in [9.17, 15) is 0 Å². The third-order valence-electron chi connectivity index (χ3n) is 9.31. The van der Waals surface area contributed by atoms with Crippen LogP contribution in [0.2, 0.25) is 0 Å². The SMILES string of the molecule is C[N+](C)=C1NC(N)=NC(c2ccc(OCCCCCCCCCCCP(I)(c3ccccc3)(c3ccccc3)c3ccccc3)cc2)N1. The molecule has 6 nitrogen and oxygen atoms in total. The molecule has 4 N–H and O–H groups in total. The van der Waals surface area contributed by atoms with Gasteiger partial charge < -0.3 is 5.73 Å². The van der Waals surface area contributed by atoms with Crippen molar-refractivity contribution < 1.29 is 9.31 Å². The molecule has 0 saturated carbocycles. The number of nitrogens with one attached hydrogen (secondary N) is 2. The molecule has 0 amide bonds. The third-order valence-corrected chi connectivity index (χ3v) is 21.0. The first-order chi connectivity index (χ1) is 23.4. The van der Waals surface area contributed by atoms with Gasteiger partial charge in [0.15, 0.2) is 6.17 Å². The van der Waals surface area contributed by atoms with Crippen molar-refractivity contribution in [1.29, 1.82) is 0 Å². The van der Waals surface area contributed by atoms with Gasteiger partial charge in [-0.15, -0.1) is 0 Å². The third kappa shape index (κ3) is 8.78. The molecule has 5 rings (SSSR count). The summed E-state index contributed by atoms with van der Waals surface area (Å²) in [6.45, 7) is 0.751. The number of ether oxygens (including phenoxy) is 1. The topological polar surface area (TPSA) is 74.7 Å². The van der Waals surface area contributed by atoms with E-state index in [0.717, 1.165) is 30.3 Å². The van der Waals surface area contributed by atoms with E-state index >= 15 is 0 Å². The Morgan fingerprint density at radius 3 is 1.60 bits per heavy atom. The second kappa shape index (κ2) is 17.3. The van der Waals surface area contributed by atoms with E-state index in [1.54, 1.807) is 0 Å². The molecule has 1 unspecified atom stereocenters. The van der Waals surface area contributed by atoms with Crippen LogP contribution in [0.5, 0.6) is 5.75 Å². The summed E-state index contributed by atoms with van der Waals surface area (Å²) in [7, 11) is 3.92. The molecule has 1 aliphatic heterocycles. The Kier molecular flexibility index (Phi) is 12.9. The first-order valence-electron chi connectivity index (χ1n) is 17.4. The van der Waals surface area contributed by atoms with E-state index in [2.05, 4.69) is 141 Å². The number of hydrogen-bond donors (Lipinski definition) is 3. The minimum absolute atomic E-state index is 0.214. The smallest absolute Gasteiger partial charge is 0.0195 e. The Morgan fingerprint density at radius 2 is 1.12 bits per heavy atom. The summed E-state index contributed by atoms with van der Waals surface area (Å²) in [5.74, 6) is 2.13. The number of guanidine groups is 2. The predicted octanol–water partition coefficient (Wildman–Crippen LogP) is 7.59. The summed E-state index contributed by atoms with van der Waals surface area (Å²) in [4.78, 5) is 4.48. The summed E-state index contributed by atoms with van der Waals surface area (Å²) in [5.41, 5.74) is 7.02. The molecular formula is C40H52IN5OP+. The zero-order valence-electron chi connectivity index (χ0n) is 28.5. The van der Waals surface area contributed by atoms with Crippen molar-refractivity contribution in [2.45, 2.75) is 64.0 Å². The summed E-state index contributed by atoms with van der Waals surface area (Å²) in [6, 6.07) is 42.0. The van der Waals surface area contributed by atoms with Crippen LogP contribution in [-0.4, -0.2) is 43.4 Å². The number of unbranched alkanes of at least 4 members (excludes halogenated alkanes) is 8. The van der Waals surface area contributed by atoms with Gasteiger partial charge in [0.25, 0.3) is 5.96 Å². The molecule has 0 spiro atoms. The van der Waals surface area contributed by atoms with Crippen molar-refractivity contribution >= 4 is 54.1 Å². The largest absolute Gasteiger partial charge is 0.251 e. The molecule has 0 radical (unpaired) electrons. The number of halogens is 1. The molecular weight excluding hydrogens is 724 g/mol. The molecule has 4 aromatic rings. The summed E-state index contributed by atoms with van der Waals surface area (Å²) < 4.78 is 5.34. The Bertz CT molecular complexity index is 1530. The number of nitrogens with two attached hydrogens (primary N) is 1. The van der Waals surface area contributed by atoms with Gasteiger partial charge in [-0.2, -0.15) is 4.99 Å². The molecule has 0 saturated heterocycles. The minimum atomic E-state index is -2.64. The number of nitrogens with zero attached hydrogens (tertiary/aromatic N) is 2. The van der Waals surface area contributed by atoms with Crippen LogP contribution < -0.4 is 37.0 Å². The van der Waals surface area contributed by atoms with Crippen molar-refractivity contribution in [3.8, 4) is 5.75 Å². The van der Waals surface area contributed by atoms with Crippen LogP contribution in [0.4, 0.5) is 0 Å². The van der Waals surface area contributed by atoms with Gasteiger partial charge >= 0.3 is 214 Å². The van der Waals surface area contributed by atoms with E-state index in [1.165, 1.54) is 73.4 Å². The summed E-state index contributed by atoms with van der Waals surface area (Å²) >= 11 is 2.92.